The second-order valence-corrected chi connectivity index (χ2v) is 18.6. The average molecular weight is 901 g/mol. The van der Waals surface area contributed by atoms with Crippen LogP contribution in [0.4, 0.5) is 34.1 Å². The third kappa shape index (κ3) is 5.80. The van der Waals surface area contributed by atoms with E-state index in [9.17, 15) is 0 Å². The predicted octanol–water partition coefficient (Wildman–Crippen LogP) is 19.1. The highest BCUT2D eigenvalue weighted by Crippen LogP contribution is 2.46. The van der Waals surface area contributed by atoms with Crippen LogP contribution in [0.1, 0.15) is 11.1 Å². The van der Waals surface area contributed by atoms with Crippen molar-refractivity contribution in [3.63, 3.8) is 0 Å². The molecule has 0 radical (unpaired) electrons. The van der Waals surface area contributed by atoms with Gasteiger partial charge in [-0.05, 0) is 156 Å². The first-order valence-electron chi connectivity index (χ1n) is 23.7. The number of nitrogens with zero attached hydrogens (tertiary/aromatic N) is 2. The maximum Gasteiger partial charge on any atom is 0.178 e. The van der Waals surface area contributed by atoms with Crippen molar-refractivity contribution in [2.24, 2.45) is 0 Å². The Balaban J connectivity index is 0.841. The van der Waals surface area contributed by atoms with Crippen LogP contribution >= 0.6 is 0 Å². The Labute approximate surface area is 400 Å². The number of benzene rings is 11. The molecule has 4 heterocycles. The molecule has 0 N–H and O–H groups in total. The summed E-state index contributed by atoms with van der Waals surface area (Å²) in [6.45, 7) is 4.32. The number of para-hydroxylation sites is 4. The smallest absolute Gasteiger partial charge is 0.178 e. The van der Waals surface area contributed by atoms with E-state index in [1.165, 1.54) is 11.1 Å². The minimum Gasteiger partial charge on any atom is -0.456 e. The van der Waals surface area contributed by atoms with Crippen LogP contribution in [-0.4, -0.2) is 0 Å². The van der Waals surface area contributed by atoms with E-state index in [1.807, 2.05) is 24.3 Å². The van der Waals surface area contributed by atoms with E-state index in [0.717, 1.165) is 143 Å². The summed E-state index contributed by atoms with van der Waals surface area (Å²) in [5.41, 5.74) is 15.3. The molecule has 0 saturated carbocycles. The van der Waals surface area contributed by atoms with E-state index in [2.05, 4.69) is 206 Å². The molecule has 0 unspecified atom stereocenters. The highest BCUT2D eigenvalue weighted by molar-refractivity contribution is 6.21. The van der Waals surface area contributed by atoms with Gasteiger partial charge in [-0.25, -0.2) is 0 Å². The van der Waals surface area contributed by atoms with Crippen molar-refractivity contribution in [2.75, 3.05) is 9.80 Å². The van der Waals surface area contributed by atoms with Crippen LogP contribution in [0.3, 0.4) is 0 Å². The number of anilines is 6. The van der Waals surface area contributed by atoms with E-state index in [1.54, 1.807) is 0 Å². The lowest BCUT2D eigenvalue weighted by molar-refractivity contribution is 0.634. The Morgan fingerprint density at radius 3 is 1.10 bits per heavy atom. The van der Waals surface area contributed by atoms with E-state index in [4.69, 9.17) is 17.7 Å². The lowest BCUT2D eigenvalue weighted by atomic mass is 10.0. The fourth-order valence-electron chi connectivity index (χ4n) is 11.0. The van der Waals surface area contributed by atoms with E-state index in [0.29, 0.717) is 0 Å². The van der Waals surface area contributed by atoms with Gasteiger partial charge in [-0.15, -0.1) is 0 Å². The van der Waals surface area contributed by atoms with Gasteiger partial charge in [-0.2, -0.15) is 0 Å². The number of rotatable bonds is 6. The zero-order chi connectivity index (χ0) is 46.2. The van der Waals surface area contributed by atoms with Gasteiger partial charge in [0.25, 0.3) is 0 Å². The van der Waals surface area contributed by atoms with Crippen LogP contribution in [0.2, 0.25) is 0 Å². The summed E-state index contributed by atoms with van der Waals surface area (Å²) >= 11 is 0. The summed E-state index contributed by atoms with van der Waals surface area (Å²) in [6, 6.07) is 73.0. The minimum atomic E-state index is 0.747. The van der Waals surface area contributed by atoms with Crippen LogP contribution in [0.5, 0.6) is 0 Å². The molecular formula is C64H40N2O4. The summed E-state index contributed by atoms with van der Waals surface area (Å²) in [7, 11) is 0. The Morgan fingerprint density at radius 2 is 0.629 bits per heavy atom. The Bertz CT molecular complexity index is 4370. The van der Waals surface area contributed by atoms with Gasteiger partial charge >= 0.3 is 0 Å². The fourth-order valence-corrected chi connectivity index (χ4v) is 11.0. The maximum absolute atomic E-state index is 6.84. The van der Waals surface area contributed by atoms with Crippen molar-refractivity contribution in [1.82, 2.24) is 0 Å². The first-order chi connectivity index (χ1) is 34.5. The quantitative estimate of drug-likeness (QED) is 0.166. The standard InChI is InChI=1S/C64H40N2O4/c1-37-11-3-7-15-55(37)65(45-23-25-49-47-13-5-9-17-57(47)67-61(49)35-45)43-21-19-39-31-53-51-27-28-52-54-32-40-20-22-44(30-42(40)34-60(54)70-64(52)63(51)69-59(53)33-41(39)29-43)66(56-16-8-4-12-38(56)2)46-24-26-50-48-14-6-10-18-58(48)68-62(50)36-46/h3-36H,1-2H3. The van der Waals surface area contributed by atoms with Gasteiger partial charge in [0.1, 0.15) is 33.5 Å². The second-order valence-electron chi connectivity index (χ2n) is 18.6. The SMILES string of the molecule is Cc1ccccc1N(c1ccc2cc3c(cc2c1)oc1c3ccc2c3cc4ccc(N(c5ccc6c(c5)oc5ccccc56)c5ccccc5C)cc4cc3oc21)c1ccc2c(c1)oc1ccccc12. The molecule has 0 aliphatic carbocycles. The molecule has 0 amide bonds. The van der Waals surface area contributed by atoms with Gasteiger partial charge in [0.15, 0.2) is 11.2 Å². The molecule has 4 aromatic heterocycles. The molecule has 6 nitrogen and oxygen atoms in total. The molecule has 0 atom stereocenters. The summed E-state index contributed by atoms with van der Waals surface area (Å²) in [5.74, 6) is 0. The number of aryl methyl sites for hydroxylation is 2. The van der Waals surface area contributed by atoms with Crippen LogP contribution in [0.15, 0.2) is 224 Å². The van der Waals surface area contributed by atoms with Crippen LogP contribution in [-0.2, 0) is 0 Å². The molecule has 11 aromatic carbocycles. The van der Waals surface area contributed by atoms with Crippen molar-refractivity contribution in [3.8, 4) is 0 Å². The number of hydrogen-bond acceptors (Lipinski definition) is 6. The number of furan rings is 4. The molecule has 0 bridgehead atoms. The molecule has 15 rings (SSSR count). The molecule has 15 aromatic rings. The van der Waals surface area contributed by atoms with Crippen molar-refractivity contribution in [2.45, 2.75) is 13.8 Å². The normalized spacial score (nSPS) is 12.1. The van der Waals surface area contributed by atoms with Gasteiger partial charge in [-0.3, -0.25) is 0 Å². The van der Waals surface area contributed by atoms with Gasteiger partial charge < -0.3 is 27.5 Å². The summed E-state index contributed by atoms with van der Waals surface area (Å²) < 4.78 is 26.4. The molecular weight excluding hydrogens is 861 g/mol. The summed E-state index contributed by atoms with van der Waals surface area (Å²) in [6.07, 6.45) is 0. The molecule has 330 valence electrons. The van der Waals surface area contributed by atoms with Crippen LogP contribution < -0.4 is 9.80 Å². The first kappa shape index (κ1) is 38.8. The van der Waals surface area contributed by atoms with E-state index < -0.39 is 0 Å². The van der Waals surface area contributed by atoms with Gasteiger partial charge in [0.2, 0.25) is 0 Å². The Hall–Kier alpha value is -9.26. The van der Waals surface area contributed by atoms with E-state index in [-0.39, 0.29) is 0 Å². The van der Waals surface area contributed by atoms with E-state index >= 15 is 0 Å². The molecule has 0 aliphatic rings. The largest absolute Gasteiger partial charge is 0.456 e. The summed E-state index contributed by atoms with van der Waals surface area (Å²) in [5, 5.41) is 13.0. The molecule has 0 spiro atoms. The molecule has 6 heteroatoms. The Kier molecular flexibility index (Phi) is 8.10. The molecule has 0 aliphatic heterocycles. The lowest BCUT2D eigenvalue weighted by Gasteiger charge is -2.27. The topological polar surface area (TPSA) is 59.0 Å². The van der Waals surface area contributed by atoms with Crippen molar-refractivity contribution in [3.05, 3.63) is 217 Å². The van der Waals surface area contributed by atoms with Crippen LogP contribution in [0, 0.1) is 13.8 Å². The highest BCUT2D eigenvalue weighted by Gasteiger charge is 2.22. The second kappa shape index (κ2) is 14.6. The number of hydrogen-bond donors (Lipinski definition) is 0. The monoisotopic (exact) mass is 900 g/mol. The Morgan fingerprint density at radius 1 is 0.257 bits per heavy atom. The first-order valence-corrected chi connectivity index (χ1v) is 23.7. The predicted molar refractivity (Wildman–Crippen MR) is 289 cm³/mol. The zero-order valence-electron chi connectivity index (χ0n) is 38.2. The third-order valence-electron chi connectivity index (χ3n) is 14.4. The van der Waals surface area contributed by atoms with Crippen molar-refractivity contribution in [1.29, 1.82) is 0 Å². The maximum atomic E-state index is 6.84. The fraction of sp³-hybridized carbons (Fsp3) is 0.0312. The van der Waals surface area contributed by atoms with Crippen molar-refractivity contribution >= 4 is 143 Å². The van der Waals surface area contributed by atoms with Gasteiger partial charge in [-0.1, -0.05) is 84.9 Å². The lowest BCUT2D eigenvalue weighted by Crippen LogP contribution is -2.11. The highest BCUT2D eigenvalue weighted by atomic mass is 16.4. The molecule has 0 saturated heterocycles. The van der Waals surface area contributed by atoms with Crippen molar-refractivity contribution < 1.29 is 17.7 Å². The minimum absolute atomic E-state index is 0.747. The van der Waals surface area contributed by atoms with Crippen LogP contribution in [0.25, 0.3) is 109 Å². The summed E-state index contributed by atoms with van der Waals surface area (Å²) in [4.78, 5) is 4.63. The molecule has 70 heavy (non-hydrogen) atoms. The zero-order valence-corrected chi connectivity index (χ0v) is 38.2. The molecule has 0 fully saturated rings. The average Bonchev–Trinajstić information content (AvgIpc) is 4.16. The van der Waals surface area contributed by atoms with Gasteiger partial charge in [0, 0.05) is 89.3 Å². The van der Waals surface area contributed by atoms with Gasteiger partial charge in [0.05, 0.1) is 0 Å². The number of fused-ring (bicyclic) bond motifs is 15. The third-order valence-corrected chi connectivity index (χ3v) is 14.4.